The SMILES string of the molecule is Cc1ccc(NC(=O)CSc2nnc(-c3ccc(Cl)cc3Cl)n2N)c(Br)c1. The zero-order valence-corrected chi connectivity index (χ0v) is 18.0. The van der Waals surface area contributed by atoms with Gasteiger partial charge in [0.15, 0.2) is 5.82 Å². The van der Waals surface area contributed by atoms with Crippen LogP contribution in [0.15, 0.2) is 46.0 Å². The summed E-state index contributed by atoms with van der Waals surface area (Å²) in [6.07, 6.45) is 0. The van der Waals surface area contributed by atoms with Crippen molar-refractivity contribution in [2.24, 2.45) is 0 Å². The van der Waals surface area contributed by atoms with Gasteiger partial charge in [0.25, 0.3) is 0 Å². The van der Waals surface area contributed by atoms with Crippen LogP contribution >= 0.6 is 50.9 Å². The Balaban J connectivity index is 1.68. The van der Waals surface area contributed by atoms with Gasteiger partial charge in [-0.25, -0.2) is 4.68 Å². The van der Waals surface area contributed by atoms with Crippen LogP contribution in [0.1, 0.15) is 5.56 Å². The highest BCUT2D eigenvalue weighted by Crippen LogP contribution is 2.30. The summed E-state index contributed by atoms with van der Waals surface area (Å²) >= 11 is 16.7. The molecule has 1 aromatic heterocycles. The third-order valence-electron chi connectivity index (χ3n) is 3.57. The van der Waals surface area contributed by atoms with Gasteiger partial charge in [-0.3, -0.25) is 4.79 Å². The minimum atomic E-state index is -0.182. The predicted molar refractivity (Wildman–Crippen MR) is 114 cm³/mol. The van der Waals surface area contributed by atoms with E-state index in [9.17, 15) is 4.79 Å². The van der Waals surface area contributed by atoms with Crippen molar-refractivity contribution in [2.75, 3.05) is 16.9 Å². The summed E-state index contributed by atoms with van der Waals surface area (Å²) in [5.74, 6) is 6.40. The van der Waals surface area contributed by atoms with Crippen LogP contribution in [0.2, 0.25) is 10.0 Å². The molecule has 0 saturated carbocycles. The first kappa shape index (κ1) is 20.0. The standard InChI is InChI=1S/C17H14BrCl2N5OS/c1-9-2-5-14(12(18)6-9)22-15(26)8-27-17-24-23-16(25(17)21)11-4-3-10(19)7-13(11)20/h2-7H,8,21H2,1H3,(H,22,26). The highest BCUT2D eigenvalue weighted by atomic mass is 79.9. The summed E-state index contributed by atoms with van der Waals surface area (Å²) in [7, 11) is 0. The van der Waals surface area contributed by atoms with Crippen molar-refractivity contribution >= 4 is 62.5 Å². The molecule has 1 amide bonds. The largest absolute Gasteiger partial charge is 0.335 e. The fourth-order valence-electron chi connectivity index (χ4n) is 2.27. The highest BCUT2D eigenvalue weighted by Gasteiger charge is 2.16. The molecule has 3 rings (SSSR count). The summed E-state index contributed by atoms with van der Waals surface area (Å²) in [5, 5.41) is 12.3. The van der Waals surface area contributed by atoms with Gasteiger partial charge in [0.1, 0.15) is 0 Å². The van der Waals surface area contributed by atoms with Gasteiger partial charge < -0.3 is 11.2 Å². The minimum absolute atomic E-state index is 0.129. The molecular formula is C17H14BrCl2N5OS. The van der Waals surface area contributed by atoms with Gasteiger partial charge in [0.2, 0.25) is 11.1 Å². The fourth-order valence-corrected chi connectivity index (χ4v) is 4.01. The Morgan fingerprint density at radius 1 is 1.26 bits per heavy atom. The molecule has 3 N–H and O–H groups in total. The van der Waals surface area contributed by atoms with Crippen molar-refractivity contribution in [1.82, 2.24) is 14.9 Å². The third kappa shape index (κ3) is 4.76. The van der Waals surface area contributed by atoms with E-state index in [4.69, 9.17) is 29.0 Å². The Hall–Kier alpha value is -1.74. The number of anilines is 1. The van der Waals surface area contributed by atoms with Crippen molar-refractivity contribution in [3.63, 3.8) is 0 Å². The summed E-state index contributed by atoms with van der Waals surface area (Å²) in [4.78, 5) is 12.2. The van der Waals surface area contributed by atoms with Crippen LogP contribution in [0.3, 0.4) is 0 Å². The lowest BCUT2D eigenvalue weighted by Gasteiger charge is -2.08. The quantitative estimate of drug-likeness (QED) is 0.400. The summed E-state index contributed by atoms with van der Waals surface area (Å²) in [6.45, 7) is 1.98. The van der Waals surface area contributed by atoms with Gasteiger partial charge in [-0.1, -0.05) is 41.0 Å². The molecule has 2 aromatic carbocycles. The van der Waals surface area contributed by atoms with Gasteiger partial charge >= 0.3 is 0 Å². The Bertz CT molecular complexity index is 1010. The number of aryl methyl sites for hydroxylation is 1. The molecule has 0 saturated heterocycles. The van der Waals surface area contributed by atoms with E-state index in [-0.39, 0.29) is 11.7 Å². The zero-order valence-electron chi connectivity index (χ0n) is 14.0. The topological polar surface area (TPSA) is 85.8 Å². The lowest BCUT2D eigenvalue weighted by molar-refractivity contribution is -0.113. The number of nitrogens with two attached hydrogens (primary N) is 1. The number of halogens is 3. The molecule has 1 heterocycles. The van der Waals surface area contributed by atoms with Gasteiger partial charge in [0.05, 0.1) is 16.5 Å². The maximum atomic E-state index is 12.2. The molecule has 6 nitrogen and oxygen atoms in total. The van der Waals surface area contributed by atoms with Crippen LogP contribution < -0.4 is 11.2 Å². The molecule has 0 bridgehead atoms. The van der Waals surface area contributed by atoms with Crippen molar-refractivity contribution < 1.29 is 4.79 Å². The third-order valence-corrected chi connectivity index (χ3v) is 5.71. The van der Waals surface area contributed by atoms with Crippen LogP contribution in [-0.2, 0) is 4.79 Å². The Morgan fingerprint density at radius 2 is 2.04 bits per heavy atom. The zero-order chi connectivity index (χ0) is 19.6. The smallest absolute Gasteiger partial charge is 0.234 e. The second kappa shape index (κ2) is 8.52. The molecule has 3 aromatic rings. The molecule has 0 radical (unpaired) electrons. The van der Waals surface area contributed by atoms with E-state index in [1.807, 2.05) is 25.1 Å². The lowest BCUT2D eigenvalue weighted by atomic mass is 10.2. The molecule has 10 heteroatoms. The maximum Gasteiger partial charge on any atom is 0.234 e. The maximum absolute atomic E-state index is 12.2. The van der Waals surface area contributed by atoms with Gasteiger partial charge in [-0.15, -0.1) is 10.2 Å². The molecule has 0 atom stereocenters. The molecule has 0 fully saturated rings. The van der Waals surface area contributed by atoms with Crippen molar-refractivity contribution in [3.8, 4) is 11.4 Å². The number of carbonyl (C=O) groups is 1. The monoisotopic (exact) mass is 485 g/mol. The number of rotatable bonds is 5. The molecule has 27 heavy (non-hydrogen) atoms. The first-order valence-corrected chi connectivity index (χ1v) is 10.2. The number of aromatic nitrogens is 3. The average Bonchev–Trinajstić information content (AvgIpc) is 2.96. The number of nitrogens with one attached hydrogen (secondary N) is 1. The van der Waals surface area contributed by atoms with Crippen LogP contribution in [-0.4, -0.2) is 26.5 Å². The minimum Gasteiger partial charge on any atom is -0.335 e. The number of benzene rings is 2. The first-order valence-electron chi connectivity index (χ1n) is 7.70. The van der Waals surface area contributed by atoms with E-state index >= 15 is 0 Å². The number of carbonyl (C=O) groups excluding carboxylic acids is 1. The normalized spacial score (nSPS) is 10.8. The van der Waals surface area contributed by atoms with E-state index in [1.165, 1.54) is 16.4 Å². The first-order chi connectivity index (χ1) is 12.8. The summed E-state index contributed by atoms with van der Waals surface area (Å²) in [5.41, 5.74) is 2.41. The summed E-state index contributed by atoms with van der Waals surface area (Å²) in [6, 6.07) is 10.7. The van der Waals surface area contributed by atoms with Crippen LogP contribution in [0.4, 0.5) is 5.69 Å². The van der Waals surface area contributed by atoms with E-state index in [2.05, 4.69) is 31.4 Å². The number of amides is 1. The lowest BCUT2D eigenvalue weighted by Crippen LogP contribution is -2.16. The predicted octanol–water partition coefficient (Wildman–Crippen LogP) is 4.77. The molecule has 0 aliphatic carbocycles. The van der Waals surface area contributed by atoms with Gasteiger partial charge in [0, 0.05) is 15.1 Å². The Labute approximate surface area is 178 Å². The molecule has 0 unspecified atom stereocenters. The fraction of sp³-hybridized carbons (Fsp3) is 0.118. The van der Waals surface area contributed by atoms with Crippen LogP contribution in [0.5, 0.6) is 0 Å². The summed E-state index contributed by atoms with van der Waals surface area (Å²) < 4.78 is 2.12. The average molecular weight is 487 g/mol. The number of thioether (sulfide) groups is 1. The number of hydrogen-bond acceptors (Lipinski definition) is 5. The Morgan fingerprint density at radius 3 is 2.74 bits per heavy atom. The van der Waals surface area contributed by atoms with E-state index in [0.717, 1.165) is 10.0 Å². The second-order valence-corrected chi connectivity index (χ2v) is 8.26. The number of nitrogens with zero attached hydrogens (tertiary/aromatic N) is 3. The van der Waals surface area contributed by atoms with Crippen LogP contribution in [0.25, 0.3) is 11.4 Å². The molecule has 140 valence electrons. The molecule has 0 spiro atoms. The van der Waals surface area contributed by atoms with Crippen LogP contribution in [0, 0.1) is 6.92 Å². The Kier molecular flexibility index (Phi) is 6.31. The molecular weight excluding hydrogens is 473 g/mol. The number of nitrogen functional groups attached to an aromatic ring is 1. The van der Waals surface area contributed by atoms with Crippen molar-refractivity contribution in [2.45, 2.75) is 12.1 Å². The van der Waals surface area contributed by atoms with Gasteiger partial charge in [-0.2, -0.15) is 0 Å². The van der Waals surface area contributed by atoms with E-state index < -0.39 is 0 Å². The number of hydrogen-bond donors (Lipinski definition) is 2. The highest BCUT2D eigenvalue weighted by molar-refractivity contribution is 9.10. The second-order valence-electron chi connectivity index (χ2n) is 5.62. The molecule has 0 aliphatic heterocycles. The van der Waals surface area contributed by atoms with E-state index in [0.29, 0.717) is 32.3 Å². The van der Waals surface area contributed by atoms with Crippen molar-refractivity contribution in [3.05, 3.63) is 56.5 Å². The molecule has 0 aliphatic rings. The van der Waals surface area contributed by atoms with Gasteiger partial charge in [-0.05, 0) is 58.7 Å². The van der Waals surface area contributed by atoms with E-state index in [1.54, 1.807) is 18.2 Å². The van der Waals surface area contributed by atoms with Crippen molar-refractivity contribution in [1.29, 1.82) is 0 Å².